The van der Waals surface area contributed by atoms with E-state index in [0.29, 0.717) is 16.0 Å². The normalized spacial score (nSPS) is 10.7. The maximum atomic E-state index is 10.9. The first-order chi connectivity index (χ1) is 6.59. The van der Waals surface area contributed by atoms with E-state index < -0.39 is 5.97 Å². The predicted octanol–water partition coefficient (Wildman–Crippen LogP) is 4.02. The molecule has 14 heavy (non-hydrogen) atoms. The van der Waals surface area contributed by atoms with Gasteiger partial charge in [0.15, 0.2) is 0 Å². The molecule has 0 radical (unpaired) electrons. The largest absolute Gasteiger partial charge is 0.478 e. The second-order valence-electron chi connectivity index (χ2n) is 2.72. The molecule has 2 nitrogen and oxygen atoms in total. The summed E-state index contributed by atoms with van der Waals surface area (Å²) in [7, 11) is 0. The first-order valence-electron chi connectivity index (χ1n) is 3.69. The van der Waals surface area contributed by atoms with Crippen LogP contribution in [0.25, 0.3) is 10.1 Å². The van der Waals surface area contributed by atoms with Crippen molar-refractivity contribution in [2.45, 2.75) is 0 Å². The van der Waals surface area contributed by atoms with Gasteiger partial charge in [-0.1, -0.05) is 27.5 Å². The highest BCUT2D eigenvalue weighted by molar-refractivity contribution is 9.10. The topological polar surface area (TPSA) is 37.3 Å². The monoisotopic (exact) mass is 290 g/mol. The van der Waals surface area contributed by atoms with Crippen LogP contribution in [-0.2, 0) is 0 Å². The van der Waals surface area contributed by atoms with E-state index in [2.05, 4.69) is 15.9 Å². The Kier molecular flexibility index (Phi) is 2.51. The van der Waals surface area contributed by atoms with E-state index >= 15 is 0 Å². The van der Waals surface area contributed by atoms with Gasteiger partial charge in [0.2, 0.25) is 0 Å². The smallest absolute Gasteiger partial charge is 0.337 e. The molecule has 0 saturated heterocycles. The Bertz CT molecular complexity index is 521. The van der Waals surface area contributed by atoms with Crippen molar-refractivity contribution in [1.29, 1.82) is 0 Å². The summed E-state index contributed by atoms with van der Waals surface area (Å²) in [6.45, 7) is 0. The number of hydrogen-bond donors (Lipinski definition) is 1. The third-order valence-corrected chi connectivity index (χ3v) is 3.60. The third kappa shape index (κ3) is 1.54. The molecule has 1 heterocycles. The molecule has 0 saturated carbocycles. The molecule has 0 unspecified atom stereocenters. The number of fused-ring (bicyclic) bond motifs is 1. The molecule has 0 bridgehead atoms. The molecule has 0 amide bonds. The summed E-state index contributed by atoms with van der Waals surface area (Å²) in [5.41, 5.74) is 0.313. The first-order valence-corrected chi connectivity index (χ1v) is 5.74. The molecule has 2 rings (SSSR count). The molecule has 1 aromatic carbocycles. The van der Waals surface area contributed by atoms with Crippen LogP contribution in [0.4, 0.5) is 0 Å². The molecule has 2 aromatic rings. The van der Waals surface area contributed by atoms with E-state index in [1.54, 1.807) is 17.5 Å². The number of hydrogen-bond acceptors (Lipinski definition) is 2. The van der Waals surface area contributed by atoms with E-state index in [9.17, 15) is 4.79 Å². The van der Waals surface area contributed by atoms with Crippen LogP contribution in [0, 0.1) is 0 Å². The minimum absolute atomic E-state index is 0.313. The zero-order valence-corrected chi connectivity index (χ0v) is 9.91. The predicted molar refractivity (Wildman–Crippen MR) is 61.5 cm³/mol. The van der Waals surface area contributed by atoms with E-state index in [4.69, 9.17) is 16.7 Å². The SMILES string of the molecule is O=C(O)c1csc2cc(Cl)cc(Br)c12. The van der Waals surface area contributed by atoms with Crippen molar-refractivity contribution < 1.29 is 9.90 Å². The van der Waals surface area contributed by atoms with E-state index in [-0.39, 0.29) is 0 Å². The maximum Gasteiger partial charge on any atom is 0.337 e. The van der Waals surface area contributed by atoms with Crippen LogP contribution < -0.4 is 0 Å². The molecule has 0 aliphatic carbocycles. The van der Waals surface area contributed by atoms with Gasteiger partial charge >= 0.3 is 5.97 Å². The average Bonchev–Trinajstić information content (AvgIpc) is 2.47. The summed E-state index contributed by atoms with van der Waals surface area (Å²) in [5, 5.41) is 11.9. The fourth-order valence-electron chi connectivity index (χ4n) is 1.24. The van der Waals surface area contributed by atoms with Gasteiger partial charge in [0.1, 0.15) is 0 Å². The molecule has 0 atom stereocenters. The summed E-state index contributed by atoms with van der Waals surface area (Å²) >= 11 is 10.5. The van der Waals surface area contributed by atoms with Gasteiger partial charge in [-0.05, 0) is 12.1 Å². The average molecular weight is 292 g/mol. The van der Waals surface area contributed by atoms with Gasteiger partial charge < -0.3 is 5.11 Å². The van der Waals surface area contributed by atoms with Gasteiger partial charge in [-0.2, -0.15) is 0 Å². The van der Waals surface area contributed by atoms with Gasteiger partial charge in [-0.15, -0.1) is 11.3 Å². The van der Waals surface area contributed by atoms with Crippen LogP contribution in [0.2, 0.25) is 5.02 Å². The molecule has 0 aliphatic heterocycles. The van der Waals surface area contributed by atoms with Crippen molar-refractivity contribution in [2.75, 3.05) is 0 Å². The van der Waals surface area contributed by atoms with E-state index in [1.807, 2.05) is 0 Å². The molecule has 0 spiro atoms. The van der Waals surface area contributed by atoms with Crippen LogP contribution >= 0.6 is 38.9 Å². The number of carboxylic acid groups (broad SMARTS) is 1. The van der Waals surface area contributed by atoms with Crippen molar-refractivity contribution in [1.82, 2.24) is 0 Å². The van der Waals surface area contributed by atoms with Crippen LogP contribution in [0.5, 0.6) is 0 Å². The lowest BCUT2D eigenvalue weighted by Crippen LogP contribution is -1.93. The van der Waals surface area contributed by atoms with Crippen LogP contribution in [0.3, 0.4) is 0 Å². The van der Waals surface area contributed by atoms with Crippen molar-refractivity contribution in [2.24, 2.45) is 0 Å². The Morgan fingerprint density at radius 2 is 2.21 bits per heavy atom. The van der Waals surface area contributed by atoms with E-state index in [1.165, 1.54) is 11.3 Å². The van der Waals surface area contributed by atoms with Crippen molar-refractivity contribution in [3.05, 3.63) is 32.6 Å². The molecule has 1 N–H and O–H groups in total. The Hall–Kier alpha value is -0.580. The Balaban J connectivity index is 2.85. The molecular weight excluding hydrogens is 288 g/mol. The van der Waals surface area contributed by atoms with Crippen molar-refractivity contribution >= 4 is 54.9 Å². The molecule has 72 valence electrons. The quantitative estimate of drug-likeness (QED) is 0.862. The van der Waals surface area contributed by atoms with Gasteiger partial charge in [0.05, 0.1) is 5.56 Å². The van der Waals surface area contributed by atoms with Gasteiger partial charge in [-0.3, -0.25) is 0 Å². The summed E-state index contributed by atoms with van der Waals surface area (Å²) in [4.78, 5) is 10.9. The fraction of sp³-hybridized carbons (Fsp3) is 0. The van der Waals surface area contributed by atoms with Crippen LogP contribution in [-0.4, -0.2) is 11.1 Å². The lowest BCUT2D eigenvalue weighted by atomic mass is 10.2. The highest BCUT2D eigenvalue weighted by Crippen LogP contribution is 2.35. The lowest BCUT2D eigenvalue weighted by molar-refractivity contribution is 0.0699. The molecule has 0 fully saturated rings. The molecule has 1 aromatic heterocycles. The highest BCUT2D eigenvalue weighted by Gasteiger charge is 2.13. The summed E-state index contributed by atoms with van der Waals surface area (Å²) in [6.07, 6.45) is 0. The van der Waals surface area contributed by atoms with Gasteiger partial charge in [-0.25, -0.2) is 4.79 Å². The third-order valence-electron chi connectivity index (χ3n) is 1.82. The zero-order valence-electron chi connectivity index (χ0n) is 6.75. The van der Waals surface area contributed by atoms with Crippen molar-refractivity contribution in [3.63, 3.8) is 0 Å². The lowest BCUT2D eigenvalue weighted by Gasteiger charge is -1.97. The van der Waals surface area contributed by atoms with Crippen molar-refractivity contribution in [3.8, 4) is 0 Å². The molecule has 0 aliphatic rings. The molecular formula is C9H4BrClO2S. The fourth-order valence-corrected chi connectivity index (χ4v) is 3.46. The summed E-state index contributed by atoms with van der Waals surface area (Å²) < 4.78 is 1.60. The zero-order chi connectivity index (χ0) is 10.3. The van der Waals surface area contributed by atoms with Gasteiger partial charge in [0.25, 0.3) is 0 Å². The number of halogens is 2. The number of aromatic carboxylic acids is 1. The maximum absolute atomic E-state index is 10.9. The first kappa shape index (κ1) is 9.96. The van der Waals surface area contributed by atoms with Crippen LogP contribution in [0.15, 0.2) is 22.0 Å². The highest BCUT2D eigenvalue weighted by atomic mass is 79.9. The standard InChI is InChI=1S/C9H4BrClO2S/c10-6-1-4(11)2-7-8(6)5(3-14-7)9(12)13/h1-3H,(H,12,13). The second-order valence-corrected chi connectivity index (χ2v) is 4.92. The van der Waals surface area contributed by atoms with Gasteiger partial charge in [0, 0.05) is 25.0 Å². The summed E-state index contributed by atoms with van der Waals surface area (Å²) in [6, 6.07) is 3.46. The number of rotatable bonds is 1. The number of thiophene rings is 1. The van der Waals surface area contributed by atoms with E-state index in [0.717, 1.165) is 9.17 Å². The number of carbonyl (C=O) groups is 1. The number of benzene rings is 1. The second kappa shape index (κ2) is 3.53. The minimum atomic E-state index is -0.917. The molecule has 5 heteroatoms. The summed E-state index contributed by atoms with van der Waals surface area (Å²) in [5.74, 6) is -0.917. The Morgan fingerprint density at radius 3 is 2.86 bits per heavy atom. The number of carboxylic acids is 1. The van der Waals surface area contributed by atoms with Crippen LogP contribution in [0.1, 0.15) is 10.4 Å². The Morgan fingerprint density at radius 1 is 1.50 bits per heavy atom. The Labute approximate surface area is 97.2 Å². The minimum Gasteiger partial charge on any atom is -0.478 e.